The van der Waals surface area contributed by atoms with Crippen molar-refractivity contribution in [2.75, 3.05) is 12.3 Å². The van der Waals surface area contributed by atoms with Crippen molar-refractivity contribution < 1.29 is 8.42 Å². The molecule has 0 spiro atoms. The van der Waals surface area contributed by atoms with E-state index in [4.69, 9.17) is 5.14 Å². The Bertz CT molecular complexity index is 483. The van der Waals surface area contributed by atoms with Crippen LogP contribution in [0, 0.1) is 13.8 Å². The Balaban J connectivity index is 2.58. The average Bonchev–Trinajstić information content (AvgIpc) is 2.20. The lowest BCUT2D eigenvalue weighted by molar-refractivity contribution is 0.573. The molecule has 0 fully saturated rings. The van der Waals surface area contributed by atoms with Gasteiger partial charge in [0, 0.05) is 12.6 Å². The fourth-order valence-electron chi connectivity index (χ4n) is 1.57. The van der Waals surface area contributed by atoms with Crippen molar-refractivity contribution in [3.05, 3.63) is 34.9 Å². The maximum atomic E-state index is 10.8. The van der Waals surface area contributed by atoms with Gasteiger partial charge in [-0.3, -0.25) is 0 Å². The second-order valence-corrected chi connectivity index (χ2v) is 6.12. The van der Waals surface area contributed by atoms with Gasteiger partial charge in [0.2, 0.25) is 10.0 Å². The highest BCUT2D eigenvalue weighted by molar-refractivity contribution is 7.89. The van der Waals surface area contributed by atoms with Crippen molar-refractivity contribution in [3.63, 3.8) is 0 Å². The molecule has 1 aromatic carbocycles. The molecule has 5 heteroatoms. The fraction of sp³-hybridized carbons (Fsp3) is 0.500. The summed E-state index contributed by atoms with van der Waals surface area (Å²) in [6.45, 7) is 6.51. The van der Waals surface area contributed by atoms with Gasteiger partial charge in [-0.25, -0.2) is 13.6 Å². The van der Waals surface area contributed by atoms with Crippen molar-refractivity contribution in [1.82, 2.24) is 5.32 Å². The predicted octanol–water partition coefficient (Wildman–Crippen LogP) is 1.24. The number of benzene rings is 1. The molecule has 0 aliphatic rings. The van der Waals surface area contributed by atoms with Crippen LogP contribution in [0.25, 0.3) is 0 Å². The summed E-state index contributed by atoms with van der Waals surface area (Å²) in [4.78, 5) is 0. The molecule has 0 saturated heterocycles. The summed E-state index contributed by atoms with van der Waals surface area (Å²) in [6.07, 6.45) is 0. The van der Waals surface area contributed by atoms with Crippen molar-refractivity contribution in [1.29, 1.82) is 0 Å². The van der Waals surface area contributed by atoms with Crippen LogP contribution in [0.5, 0.6) is 0 Å². The Morgan fingerprint density at radius 2 is 1.94 bits per heavy atom. The lowest BCUT2D eigenvalue weighted by Gasteiger charge is -2.15. The minimum Gasteiger partial charge on any atom is -0.309 e. The normalized spacial score (nSPS) is 13.6. The molecular formula is C12H20N2O2S. The number of sulfonamides is 1. The van der Waals surface area contributed by atoms with Crippen LogP contribution in [-0.4, -0.2) is 20.7 Å². The molecule has 3 N–H and O–H groups in total. The molecule has 4 nitrogen and oxygen atoms in total. The molecule has 1 rings (SSSR count). The van der Waals surface area contributed by atoms with Crippen molar-refractivity contribution in [2.45, 2.75) is 26.8 Å². The number of nitrogens with two attached hydrogens (primary N) is 1. The largest absolute Gasteiger partial charge is 0.309 e. The lowest BCUT2D eigenvalue weighted by Crippen LogP contribution is -2.28. The number of nitrogens with one attached hydrogen (secondary N) is 1. The summed E-state index contributed by atoms with van der Waals surface area (Å²) < 4.78 is 21.6. The van der Waals surface area contributed by atoms with Gasteiger partial charge >= 0.3 is 0 Å². The van der Waals surface area contributed by atoms with Gasteiger partial charge < -0.3 is 5.32 Å². The first-order chi connectivity index (χ1) is 7.79. The molecule has 0 aliphatic heterocycles. The van der Waals surface area contributed by atoms with E-state index in [0.717, 1.165) is 5.56 Å². The Morgan fingerprint density at radius 3 is 2.47 bits per heavy atom. The van der Waals surface area contributed by atoms with E-state index >= 15 is 0 Å². The summed E-state index contributed by atoms with van der Waals surface area (Å²) >= 11 is 0. The van der Waals surface area contributed by atoms with Gasteiger partial charge in [-0.05, 0) is 37.5 Å². The van der Waals surface area contributed by atoms with E-state index in [0.29, 0.717) is 6.54 Å². The van der Waals surface area contributed by atoms with Gasteiger partial charge in [-0.1, -0.05) is 18.2 Å². The van der Waals surface area contributed by atoms with Gasteiger partial charge in [-0.15, -0.1) is 0 Å². The third-order valence-electron chi connectivity index (χ3n) is 2.87. The Morgan fingerprint density at radius 1 is 1.29 bits per heavy atom. The zero-order valence-corrected chi connectivity index (χ0v) is 11.3. The molecule has 0 amide bonds. The molecule has 96 valence electrons. The van der Waals surface area contributed by atoms with E-state index in [2.05, 4.69) is 37.4 Å². The number of aryl methyl sites for hydroxylation is 2. The van der Waals surface area contributed by atoms with Gasteiger partial charge in [0.05, 0.1) is 5.75 Å². The third kappa shape index (κ3) is 4.85. The molecule has 1 atom stereocenters. The van der Waals surface area contributed by atoms with Crippen LogP contribution in [0.15, 0.2) is 18.2 Å². The maximum absolute atomic E-state index is 10.8. The molecule has 0 heterocycles. The first kappa shape index (κ1) is 14.2. The molecule has 0 saturated carbocycles. The van der Waals surface area contributed by atoms with Crippen LogP contribution in [0.1, 0.15) is 29.7 Å². The SMILES string of the molecule is Cc1ccc(C(C)NCCS(N)(=O)=O)cc1C. The second kappa shape index (κ2) is 5.62. The van der Waals surface area contributed by atoms with Crippen LogP contribution >= 0.6 is 0 Å². The van der Waals surface area contributed by atoms with Crippen LogP contribution in [0.2, 0.25) is 0 Å². The summed E-state index contributed by atoms with van der Waals surface area (Å²) in [5, 5.41) is 8.08. The first-order valence-corrected chi connectivity index (χ1v) is 7.32. The summed E-state index contributed by atoms with van der Waals surface area (Å²) in [5.74, 6) is -0.0395. The highest BCUT2D eigenvalue weighted by Gasteiger charge is 2.07. The molecule has 0 aliphatic carbocycles. The highest BCUT2D eigenvalue weighted by atomic mass is 32.2. The quantitative estimate of drug-likeness (QED) is 0.832. The molecule has 0 aromatic heterocycles. The summed E-state index contributed by atoms with van der Waals surface area (Å²) in [5.41, 5.74) is 3.65. The van der Waals surface area contributed by atoms with Crippen LogP contribution in [0.4, 0.5) is 0 Å². The van der Waals surface area contributed by atoms with Crippen molar-refractivity contribution in [3.8, 4) is 0 Å². The standard InChI is InChI=1S/C12H20N2O2S/c1-9-4-5-12(8-10(9)2)11(3)14-6-7-17(13,15)16/h4-5,8,11,14H,6-7H2,1-3H3,(H2,13,15,16). The van der Waals surface area contributed by atoms with E-state index in [1.165, 1.54) is 11.1 Å². The second-order valence-electron chi connectivity index (χ2n) is 4.39. The van der Waals surface area contributed by atoms with E-state index in [1.807, 2.05) is 6.92 Å². The molecule has 1 unspecified atom stereocenters. The number of hydrogen-bond donors (Lipinski definition) is 2. The zero-order valence-electron chi connectivity index (χ0n) is 10.5. The van der Waals surface area contributed by atoms with Crippen LogP contribution in [0.3, 0.4) is 0 Å². The van der Waals surface area contributed by atoms with Gasteiger partial charge in [0.1, 0.15) is 0 Å². The smallest absolute Gasteiger partial charge is 0.210 e. The summed E-state index contributed by atoms with van der Waals surface area (Å²) in [7, 11) is -3.38. The average molecular weight is 256 g/mol. The van der Waals surface area contributed by atoms with Gasteiger partial charge in [0.25, 0.3) is 0 Å². The van der Waals surface area contributed by atoms with E-state index < -0.39 is 10.0 Å². The Kier molecular flexibility index (Phi) is 4.68. The van der Waals surface area contributed by atoms with Crippen LogP contribution in [-0.2, 0) is 10.0 Å². The molecule has 17 heavy (non-hydrogen) atoms. The highest BCUT2D eigenvalue weighted by Crippen LogP contribution is 2.16. The fourth-order valence-corrected chi connectivity index (χ4v) is 1.97. The zero-order chi connectivity index (χ0) is 13.1. The predicted molar refractivity (Wildman–Crippen MR) is 70.3 cm³/mol. The Hall–Kier alpha value is -0.910. The topological polar surface area (TPSA) is 72.2 Å². The lowest BCUT2D eigenvalue weighted by atomic mass is 10.0. The van der Waals surface area contributed by atoms with Crippen LogP contribution < -0.4 is 10.5 Å². The number of hydrogen-bond acceptors (Lipinski definition) is 3. The molecule has 0 bridgehead atoms. The third-order valence-corrected chi connectivity index (χ3v) is 3.64. The summed E-state index contributed by atoms with van der Waals surface area (Å²) in [6, 6.07) is 6.36. The van der Waals surface area contributed by atoms with Gasteiger partial charge in [-0.2, -0.15) is 0 Å². The van der Waals surface area contributed by atoms with Crippen molar-refractivity contribution in [2.24, 2.45) is 5.14 Å². The Labute approximate surface area is 103 Å². The van der Waals surface area contributed by atoms with E-state index in [1.54, 1.807) is 0 Å². The molecule has 0 radical (unpaired) electrons. The number of primary sulfonamides is 1. The van der Waals surface area contributed by atoms with Crippen molar-refractivity contribution >= 4 is 10.0 Å². The first-order valence-electron chi connectivity index (χ1n) is 5.60. The van der Waals surface area contributed by atoms with E-state index in [-0.39, 0.29) is 11.8 Å². The molecular weight excluding hydrogens is 236 g/mol. The van der Waals surface area contributed by atoms with Gasteiger partial charge in [0.15, 0.2) is 0 Å². The monoisotopic (exact) mass is 256 g/mol. The maximum Gasteiger partial charge on any atom is 0.210 e. The minimum atomic E-state index is -3.38. The number of rotatable bonds is 5. The molecule has 1 aromatic rings. The minimum absolute atomic E-state index is 0.0395. The van der Waals surface area contributed by atoms with E-state index in [9.17, 15) is 8.42 Å².